The number of amides is 1. The molecular weight excluding hydrogens is 286 g/mol. The van der Waals surface area contributed by atoms with Crippen LogP contribution in [0.2, 0.25) is 0 Å². The molecule has 1 saturated heterocycles. The minimum Gasteiger partial charge on any atom is -0.376 e. The third kappa shape index (κ3) is 2.87. The van der Waals surface area contributed by atoms with Gasteiger partial charge in [-0.05, 0) is 35.7 Å². The maximum absolute atomic E-state index is 12.0. The molecule has 0 spiro atoms. The molecule has 0 saturated carbocycles. The number of rotatable bonds is 3. The van der Waals surface area contributed by atoms with Crippen LogP contribution in [0.3, 0.4) is 0 Å². The number of halogens is 1. The largest absolute Gasteiger partial charge is 0.376 e. The summed E-state index contributed by atoms with van der Waals surface area (Å²) in [6.07, 6.45) is 3.95. The molecule has 0 radical (unpaired) electrons. The van der Waals surface area contributed by atoms with Gasteiger partial charge in [-0.15, -0.1) is 0 Å². The highest BCUT2D eigenvalue weighted by molar-refractivity contribution is 9.10. The molecule has 0 aromatic carbocycles. The zero-order chi connectivity index (χ0) is 12.4. The molecule has 94 valence electrons. The first-order valence-corrected chi connectivity index (χ1v) is 6.49. The van der Waals surface area contributed by atoms with Crippen molar-refractivity contribution < 1.29 is 9.53 Å². The van der Waals surface area contributed by atoms with E-state index in [0.29, 0.717) is 10.2 Å². The van der Waals surface area contributed by atoms with Crippen LogP contribution in [-0.4, -0.2) is 34.4 Å². The van der Waals surface area contributed by atoms with Crippen LogP contribution >= 0.6 is 15.9 Å². The Balaban J connectivity index is 1.98. The van der Waals surface area contributed by atoms with Crippen LogP contribution in [-0.2, 0) is 11.8 Å². The molecule has 6 heteroatoms. The van der Waals surface area contributed by atoms with Crippen molar-refractivity contribution in [3.63, 3.8) is 0 Å². The van der Waals surface area contributed by atoms with Crippen molar-refractivity contribution in [1.82, 2.24) is 15.1 Å². The van der Waals surface area contributed by atoms with E-state index in [2.05, 4.69) is 26.3 Å². The monoisotopic (exact) mass is 301 g/mol. The van der Waals surface area contributed by atoms with E-state index >= 15 is 0 Å². The van der Waals surface area contributed by atoms with E-state index in [1.165, 1.54) is 0 Å². The van der Waals surface area contributed by atoms with Crippen LogP contribution in [0.15, 0.2) is 10.7 Å². The van der Waals surface area contributed by atoms with Crippen molar-refractivity contribution in [3.8, 4) is 0 Å². The minimum absolute atomic E-state index is 0.0129. The first kappa shape index (κ1) is 12.6. The van der Waals surface area contributed by atoms with Gasteiger partial charge in [-0.1, -0.05) is 0 Å². The van der Waals surface area contributed by atoms with Crippen LogP contribution in [0.4, 0.5) is 0 Å². The Morgan fingerprint density at radius 1 is 1.76 bits per heavy atom. The van der Waals surface area contributed by atoms with Gasteiger partial charge in [-0.3, -0.25) is 9.48 Å². The molecule has 2 atom stereocenters. The second kappa shape index (κ2) is 5.18. The Kier molecular flexibility index (Phi) is 3.83. The maximum Gasteiger partial charge on any atom is 0.273 e. The summed E-state index contributed by atoms with van der Waals surface area (Å²) in [7, 11) is 1.78. The zero-order valence-electron chi connectivity index (χ0n) is 9.94. The molecule has 0 bridgehead atoms. The number of nitrogens with one attached hydrogen (secondary N) is 1. The van der Waals surface area contributed by atoms with Crippen LogP contribution in [0.1, 0.15) is 30.3 Å². The SMILES string of the molecule is CC(NC(=O)c1nn(C)cc1Br)C1CCCO1. The zero-order valence-corrected chi connectivity index (χ0v) is 11.5. The number of ether oxygens (including phenoxy) is 1. The van der Waals surface area contributed by atoms with Crippen LogP contribution < -0.4 is 5.32 Å². The van der Waals surface area contributed by atoms with Gasteiger partial charge in [-0.25, -0.2) is 0 Å². The Morgan fingerprint density at radius 3 is 3.06 bits per heavy atom. The van der Waals surface area contributed by atoms with Crippen molar-refractivity contribution >= 4 is 21.8 Å². The van der Waals surface area contributed by atoms with Crippen molar-refractivity contribution in [2.24, 2.45) is 7.05 Å². The summed E-state index contributed by atoms with van der Waals surface area (Å²) in [5.41, 5.74) is 0.414. The average Bonchev–Trinajstić information content (AvgIpc) is 2.87. The Hall–Kier alpha value is -0.880. The predicted octanol–water partition coefficient (Wildman–Crippen LogP) is 1.48. The highest BCUT2D eigenvalue weighted by Crippen LogP contribution is 2.17. The molecule has 1 aromatic rings. The van der Waals surface area contributed by atoms with Crippen LogP contribution in [0, 0.1) is 0 Å². The van der Waals surface area contributed by atoms with E-state index in [4.69, 9.17) is 4.74 Å². The van der Waals surface area contributed by atoms with Crippen molar-refractivity contribution in [2.75, 3.05) is 6.61 Å². The van der Waals surface area contributed by atoms with E-state index < -0.39 is 0 Å². The molecule has 1 fully saturated rings. The summed E-state index contributed by atoms with van der Waals surface area (Å²) in [5, 5.41) is 7.03. The van der Waals surface area contributed by atoms with Crippen LogP contribution in [0.5, 0.6) is 0 Å². The second-order valence-corrected chi connectivity index (χ2v) is 5.17. The predicted molar refractivity (Wildman–Crippen MR) is 66.8 cm³/mol. The number of aryl methyl sites for hydroxylation is 1. The van der Waals surface area contributed by atoms with Crippen molar-refractivity contribution in [2.45, 2.75) is 31.9 Å². The van der Waals surface area contributed by atoms with Gasteiger partial charge in [-0.2, -0.15) is 5.10 Å². The Labute approximate surface area is 109 Å². The second-order valence-electron chi connectivity index (χ2n) is 4.31. The third-order valence-electron chi connectivity index (χ3n) is 2.88. The summed E-state index contributed by atoms with van der Waals surface area (Å²) in [6, 6.07) is 0.0129. The number of carbonyl (C=O) groups is 1. The average molecular weight is 302 g/mol. The molecule has 1 aromatic heterocycles. The molecule has 0 aliphatic carbocycles. The summed E-state index contributed by atoms with van der Waals surface area (Å²) in [6.45, 7) is 2.75. The number of nitrogens with zero attached hydrogens (tertiary/aromatic N) is 2. The lowest BCUT2D eigenvalue weighted by atomic mass is 10.1. The normalized spacial score (nSPS) is 21.5. The highest BCUT2D eigenvalue weighted by atomic mass is 79.9. The number of hydrogen-bond acceptors (Lipinski definition) is 3. The van der Waals surface area contributed by atoms with Gasteiger partial charge in [0.25, 0.3) is 5.91 Å². The number of hydrogen-bond donors (Lipinski definition) is 1. The highest BCUT2D eigenvalue weighted by Gasteiger charge is 2.25. The topological polar surface area (TPSA) is 56.2 Å². The molecule has 2 unspecified atom stereocenters. The molecule has 1 aliphatic rings. The van der Waals surface area contributed by atoms with Crippen molar-refractivity contribution in [1.29, 1.82) is 0 Å². The summed E-state index contributed by atoms with van der Waals surface area (Å²) in [4.78, 5) is 12.0. The van der Waals surface area contributed by atoms with Gasteiger partial charge in [0, 0.05) is 19.9 Å². The number of aromatic nitrogens is 2. The summed E-state index contributed by atoms with van der Waals surface area (Å²) >= 11 is 3.32. The first-order chi connectivity index (χ1) is 8.08. The third-order valence-corrected chi connectivity index (χ3v) is 3.46. The first-order valence-electron chi connectivity index (χ1n) is 5.69. The molecule has 5 nitrogen and oxygen atoms in total. The van der Waals surface area contributed by atoms with Gasteiger partial charge in [0.05, 0.1) is 16.6 Å². The Morgan fingerprint density at radius 2 is 2.53 bits per heavy atom. The van der Waals surface area contributed by atoms with Gasteiger partial charge < -0.3 is 10.1 Å². The smallest absolute Gasteiger partial charge is 0.273 e. The molecule has 2 rings (SSSR count). The molecule has 1 aliphatic heterocycles. The van der Waals surface area contributed by atoms with Crippen LogP contribution in [0.25, 0.3) is 0 Å². The lowest BCUT2D eigenvalue weighted by Gasteiger charge is -2.19. The summed E-state index contributed by atoms with van der Waals surface area (Å²) < 4.78 is 7.85. The van der Waals surface area contributed by atoms with Crippen molar-refractivity contribution in [3.05, 3.63) is 16.4 Å². The standard InChI is InChI=1S/C11H16BrN3O2/c1-7(9-4-3-5-17-9)13-11(16)10-8(12)6-15(2)14-10/h6-7,9H,3-5H2,1-2H3,(H,13,16). The van der Waals surface area contributed by atoms with E-state index in [1.807, 2.05) is 6.92 Å². The van der Waals surface area contributed by atoms with Gasteiger partial charge in [0.15, 0.2) is 5.69 Å². The quantitative estimate of drug-likeness (QED) is 0.920. The molecule has 1 amide bonds. The minimum atomic E-state index is -0.166. The van der Waals surface area contributed by atoms with Gasteiger partial charge in [0.1, 0.15) is 0 Å². The fraction of sp³-hybridized carbons (Fsp3) is 0.636. The Bertz CT molecular complexity index is 413. The molecular formula is C11H16BrN3O2. The molecule has 17 heavy (non-hydrogen) atoms. The maximum atomic E-state index is 12.0. The fourth-order valence-corrected chi connectivity index (χ4v) is 2.53. The molecule has 1 N–H and O–H groups in total. The van der Waals surface area contributed by atoms with Gasteiger partial charge in [0.2, 0.25) is 0 Å². The molecule has 2 heterocycles. The van der Waals surface area contributed by atoms with E-state index in [-0.39, 0.29) is 18.1 Å². The summed E-state index contributed by atoms with van der Waals surface area (Å²) in [5.74, 6) is -0.166. The number of carbonyl (C=O) groups excluding carboxylic acids is 1. The lowest BCUT2D eigenvalue weighted by Crippen LogP contribution is -2.41. The van der Waals surface area contributed by atoms with Gasteiger partial charge >= 0.3 is 0 Å². The fourth-order valence-electron chi connectivity index (χ4n) is 1.98. The lowest BCUT2D eigenvalue weighted by molar-refractivity contribution is 0.0708. The van der Waals surface area contributed by atoms with E-state index in [9.17, 15) is 4.79 Å². The van der Waals surface area contributed by atoms with E-state index in [0.717, 1.165) is 19.4 Å². The van der Waals surface area contributed by atoms with E-state index in [1.54, 1.807) is 17.9 Å².